The molecule has 0 saturated heterocycles. The highest BCUT2D eigenvalue weighted by Gasteiger charge is 2.24. The number of furan rings is 1. The normalized spacial score (nSPS) is 13.7. The molecule has 10 aromatic carbocycles. The maximum atomic E-state index is 9.68. The van der Waals surface area contributed by atoms with Crippen LogP contribution in [0.3, 0.4) is 0 Å². The molecule has 0 unspecified atom stereocenters. The zero-order valence-corrected chi connectivity index (χ0v) is 29.4. The molecule has 256 valence electrons. The van der Waals surface area contributed by atoms with Crippen molar-refractivity contribution < 1.29 is 15.4 Å². The van der Waals surface area contributed by atoms with Crippen molar-refractivity contribution in [2.24, 2.45) is 0 Å². The van der Waals surface area contributed by atoms with Crippen LogP contribution in [0.4, 0.5) is 0 Å². The zero-order chi connectivity index (χ0) is 43.3. The summed E-state index contributed by atoms with van der Waals surface area (Å²) in [6, 6.07) is 48.4. The van der Waals surface area contributed by atoms with Crippen molar-refractivity contribution >= 4 is 54.1 Å². The third kappa shape index (κ3) is 5.09. The van der Waals surface area contributed by atoms with E-state index in [1.807, 2.05) is 127 Å². The minimum Gasteiger partial charge on any atom is -0.455 e. The summed E-state index contributed by atoms with van der Waals surface area (Å²) in [5.41, 5.74) is 6.78. The highest BCUT2D eigenvalue weighted by molar-refractivity contribution is 6.25. The van der Waals surface area contributed by atoms with E-state index in [0.29, 0.717) is 39.0 Å². The van der Waals surface area contributed by atoms with Crippen LogP contribution in [-0.2, 0) is 0 Å². The zero-order valence-electron chi connectivity index (χ0n) is 37.4. The molecule has 1 nitrogen and oxygen atoms in total. The Hall–Kier alpha value is -7.22. The van der Waals surface area contributed by atoms with E-state index in [1.54, 1.807) is 0 Å². The Bertz CT molecular complexity index is 3630. The van der Waals surface area contributed by atoms with E-state index < -0.39 is 24.2 Å². The Balaban J connectivity index is 1.32. The minimum absolute atomic E-state index is 0.130. The van der Waals surface area contributed by atoms with E-state index in [4.69, 9.17) is 9.90 Å². The van der Waals surface area contributed by atoms with Gasteiger partial charge in [-0.3, -0.25) is 0 Å². The van der Waals surface area contributed by atoms with Crippen LogP contribution in [0, 0.1) is 0 Å². The van der Waals surface area contributed by atoms with Gasteiger partial charge in [-0.15, -0.1) is 0 Å². The molecule has 1 heterocycles. The van der Waals surface area contributed by atoms with E-state index in [1.165, 1.54) is 0 Å². The van der Waals surface area contributed by atoms with Crippen LogP contribution in [0.15, 0.2) is 210 Å². The molecule has 0 spiro atoms. The smallest absolute Gasteiger partial charge is 0.143 e. The molecule has 0 atom stereocenters. The Morgan fingerprint density at radius 1 is 0.327 bits per heavy atom. The fraction of sp³-hybridized carbons (Fsp3) is 0. The van der Waals surface area contributed by atoms with Crippen LogP contribution < -0.4 is 0 Å². The van der Waals surface area contributed by atoms with Crippen molar-refractivity contribution in [1.29, 1.82) is 0 Å². The minimum atomic E-state index is -0.460. The average molecular weight is 707 g/mol. The Kier molecular flexibility index (Phi) is 5.59. The van der Waals surface area contributed by atoms with Gasteiger partial charge in [-0.25, -0.2) is 0 Å². The molecule has 0 aliphatic carbocycles. The van der Waals surface area contributed by atoms with E-state index in [-0.39, 0.29) is 51.3 Å². The number of hydrogen-bond acceptors (Lipinski definition) is 1. The second kappa shape index (κ2) is 12.7. The maximum Gasteiger partial charge on any atom is 0.143 e. The Morgan fingerprint density at radius 2 is 0.891 bits per heavy atom. The molecule has 0 aliphatic rings. The summed E-state index contributed by atoms with van der Waals surface area (Å²) in [4.78, 5) is 0. The Morgan fingerprint density at radius 3 is 1.60 bits per heavy atom. The highest BCUT2D eigenvalue weighted by atomic mass is 16.3. The summed E-state index contributed by atoms with van der Waals surface area (Å²) >= 11 is 0. The molecule has 0 fully saturated rings. The molecule has 55 heavy (non-hydrogen) atoms. The summed E-state index contributed by atoms with van der Waals surface area (Å²) in [6.07, 6.45) is 0. The van der Waals surface area contributed by atoms with Crippen LogP contribution in [0.5, 0.6) is 0 Å². The summed E-state index contributed by atoms with van der Waals surface area (Å²) in [7, 11) is 0. The van der Waals surface area contributed by atoms with Gasteiger partial charge in [-0.2, -0.15) is 0 Å². The van der Waals surface area contributed by atoms with Gasteiger partial charge in [0, 0.05) is 22.1 Å². The SMILES string of the molecule is [2H]c1c([2H])c([2H])c2c(-c3c(-c4cccc(-c5ccccc5)c4)oc4ccccc34)c3c([2H])c([2H])c([2H])c([2H])c3c(-c3ccc4cc(-c5ccccc5)c5ccccc5c4c3)c2c1[2H]. The van der Waals surface area contributed by atoms with Gasteiger partial charge in [0.25, 0.3) is 0 Å². The molecule has 1 aromatic heterocycles. The van der Waals surface area contributed by atoms with Gasteiger partial charge in [0.2, 0.25) is 0 Å². The van der Waals surface area contributed by atoms with E-state index >= 15 is 0 Å². The Labute approximate surface area is 330 Å². The highest BCUT2D eigenvalue weighted by Crippen LogP contribution is 2.50. The molecule has 0 saturated carbocycles. The van der Waals surface area contributed by atoms with Crippen molar-refractivity contribution in [3.8, 4) is 55.8 Å². The van der Waals surface area contributed by atoms with E-state index in [9.17, 15) is 5.48 Å². The average Bonchev–Trinajstić information content (AvgIpc) is 3.72. The predicted molar refractivity (Wildman–Crippen MR) is 233 cm³/mol. The van der Waals surface area contributed by atoms with E-state index in [2.05, 4.69) is 30.3 Å². The quantitative estimate of drug-likeness (QED) is 0.128. The second-order valence-corrected chi connectivity index (χ2v) is 13.8. The number of para-hydroxylation sites is 1. The molecule has 1 heteroatoms. The van der Waals surface area contributed by atoms with Gasteiger partial charge in [0.05, 0.1) is 11.0 Å². The van der Waals surface area contributed by atoms with Gasteiger partial charge >= 0.3 is 0 Å². The molecule has 11 rings (SSSR count). The molecule has 0 bridgehead atoms. The number of rotatable bonds is 5. The first-order chi connectivity index (χ1) is 30.6. The molecule has 11 aromatic rings. The van der Waals surface area contributed by atoms with Gasteiger partial charge in [0.15, 0.2) is 0 Å². The molecular weight excluding hydrogens is 665 g/mol. The number of benzene rings is 10. The second-order valence-electron chi connectivity index (χ2n) is 13.8. The van der Waals surface area contributed by atoms with Gasteiger partial charge < -0.3 is 4.42 Å². The van der Waals surface area contributed by atoms with Crippen molar-refractivity contribution in [2.75, 3.05) is 0 Å². The van der Waals surface area contributed by atoms with Crippen LogP contribution in [0.25, 0.3) is 110 Å². The molecular formula is C54H34O. The summed E-state index contributed by atoms with van der Waals surface area (Å²) < 4.78 is 81.6. The molecule has 0 N–H and O–H groups in total. The fourth-order valence-electron chi connectivity index (χ4n) is 8.24. The summed E-state index contributed by atoms with van der Waals surface area (Å²) in [6.45, 7) is 0. The monoisotopic (exact) mass is 706 g/mol. The standard InChI is InChI=1S/C54H34O/c1-3-16-35(17-4-1)37-20-15-21-40(32-37)54-53(47-28-13-14-29-50(47)55-54)52-45-26-11-9-24-43(45)51(44-25-10-12-27-46(44)52)39-31-30-38-33-48(36-18-5-2-6-19-36)41-22-7-8-23-42(41)49(38)34-39/h1-34H/i9D,10D,11D,12D,24D,25D,26D,27D. The lowest BCUT2D eigenvalue weighted by Gasteiger charge is -2.19. The van der Waals surface area contributed by atoms with Gasteiger partial charge in [0.1, 0.15) is 11.3 Å². The molecule has 0 radical (unpaired) electrons. The van der Waals surface area contributed by atoms with Crippen molar-refractivity contribution in [3.63, 3.8) is 0 Å². The third-order valence-electron chi connectivity index (χ3n) is 10.7. The van der Waals surface area contributed by atoms with Crippen LogP contribution >= 0.6 is 0 Å². The molecule has 0 amide bonds. The lowest BCUT2D eigenvalue weighted by molar-refractivity contribution is 0.632. The van der Waals surface area contributed by atoms with E-state index in [0.717, 1.165) is 43.8 Å². The largest absolute Gasteiger partial charge is 0.455 e. The molecule has 0 aliphatic heterocycles. The topological polar surface area (TPSA) is 13.1 Å². The lowest BCUT2D eigenvalue weighted by atomic mass is 9.84. The van der Waals surface area contributed by atoms with Crippen LogP contribution in [-0.4, -0.2) is 0 Å². The summed E-state index contributed by atoms with van der Waals surface area (Å²) in [5.74, 6) is 0.399. The first-order valence-electron chi connectivity index (χ1n) is 22.3. The van der Waals surface area contributed by atoms with Crippen LogP contribution in [0.1, 0.15) is 11.0 Å². The number of hydrogen-bond donors (Lipinski definition) is 0. The first kappa shape index (κ1) is 24.2. The summed E-state index contributed by atoms with van der Waals surface area (Å²) in [5, 5.41) is 5.00. The lowest BCUT2D eigenvalue weighted by Crippen LogP contribution is -1.92. The van der Waals surface area contributed by atoms with Gasteiger partial charge in [-0.05, 0) is 101 Å². The first-order valence-corrected chi connectivity index (χ1v) is 18.3. The third-order valence-corrected chi connectivity index (χ3v) is 10.7. The fourth-order valence-corrected chi connectivity index (χ4v) is 8.24. The van der Waals surface area contributed by atoms with Crippen molar-refractivity contribution in [1.82, 2.24) is 0 Å². The van der Waals surface area contributed by atoms with Gasteiger partial charge in [-0.1, -0.05) is 182 Å². The maximum absolute atomic E-state index is 9.68. The van der Waals surface area contributed by atoms with Crippen LogP contribution in [0.2, 0.25) is 0 Å². The van der Waals surface area contributed by atoms with Crippen molar-refractivity contribution in [2.45, 2.75) is 0 Å². The van der Waals surface area contributed by atoms with Crippen molar-refractivity contribution in [3.05, 3.63) is 206 Å². The predicted octanol–water partition coefficient (Wildman–Crippen LogP) is 15.4. The number of fused-ring (bicyclic) bond motifs is 6.